The fraction of sp³-hybridized carbons (Fsp3) is 0.429. The molecule has 0 bridgehead atoms. The van der Waals surface area contributed by atoms with Gasteiger partial charge in [0.15, 0.2) is 11.5 Å². The Morgan fingerprint density at radius 2 is 2.08 bits per heavy atom. The van der Waals surface area contributed by atoms with Crippen molar-refractivity contribution in [1.29, 1.82) is 0 Å². The van der Waals surface area contributed by atoms with Gasteiger partial charge in [-0.25, -0.2) is 0 Å². The Balaban J connectivity index is 2.33. The smallest absolute Gasteiger partial charge is 0.188 e. The molecule has 1 unspecified atom stereocenters. The number of thiophene rings is 1. The van der Waals surface area contributed by atoms with E-state index in [9.17, 15) is 0 Å². The first-order valence-corrected chi connectivity index (χ1v) is 6.10. The van der Waals surface area contributed by atoms with Crippen LogP contribution in [-0.4, -0.2) is 19.3 Å². The van der Waals surface area contributed by atoms with Gasteiger partial charge in [-0.15, -0.1) is 11.3 Å². The molecule has 0 radical (unpaired) electrons. The zero-order valence-corrected chi connectivity index (χ0v) is 10.5. The monoisotopic (exact) mass is 327 g/mol. The van der Waals surface area contributed by atoms with Gasteiger partial charge in [-0.3, -0.25) is 0 Å². The molecular weight excluding hydrogens is 322 g/mol. The number of halogens is 2. The van der Waals surface area contributed by atoms with Crippen LogP contribution in [0.2, 0.25) is 0 Å². The second kappa shape index (κ2) is 3.76. The molecule has 0 aliphatic carbocycles. The van der Waals surface area contributed by atoms with E-state index in [0.717, 1.165) is 19.1 Å². The molecule has 3 nitrogen and oxygen atoms in total. The van der Waals surface area contributed by atoms with E-state index < -0.39 is 0 Å². The van der Waals surface area contributed by atoms with Gasteiger partial charge in [-0.1, -0.05) is 0 Å². The molecule has 1 aromatic rings. The highest BCUT2D eigenvalue weighted by Crippen LogP contribution is 2.50. The summed E-state index contributed by atoms with van der Waals surface area (Å²) in [6, 6.07) is 0. The van der Waals surface area contributed by atoms with Gasteiger partial charge in [0.05, 0.1) is 0 Å². The first-order chi connectivity index (χ1) is 6.22. The molecule has 1 aliphatic rings. The largest absolute Gasteiger partial charge is 0.484 e. The highest BCUT2D eigenvalue weighted by atomic mass is 79.9. The van der Waals surface area contributed by atoms with Crippen LogP contribution in [0.1, 0.15) is 0 Å². The molecule has 72 valence electrons. The van der Waals surface area contributed by atoms with E-state index in [1.54, 1.807) is 11.3 Å². The Labute approximate surface area is 96.5 Å². The maximum absolute atomic E-state index is 5.62. The van der Waals surface area contributed by atoms with Crippen molar-refractivity contribution in [2.75, 3.05) is 13.2 Å². The first kappa shape index (κ1) is 9.76. The molecule has 1 aromatic heterocycles. The van der Waals surface area contributed by atoms with Crippen LogP contribution in [0.5, 0.6) is 11.5 Å². The summed E-state index contributed by atoms with van der Waals surface area (Å²) in [5, 5.41) is 0. The molecule has 13 heavy (non-hydrogen) atoms. The number of ether oxygens (including phenoxy) is 2. The summed E-state index contributed by atoms with van der Waals surface area (Å²) in [5.41, 5.74) is 5.49. The van der Waals surface area contributed by atoms with Crippen molar-refractivity contribution in [2.45, 2.75) is 6.10 Å². The zero-order chi connectivity index (χ0) is 9.42. The lowest BCUT2D eigenvalue weighted by Crippen LogP contribution is -2.35. The summed E-state index contributed by atoms with van der Waals surface area (Å²) in [7, 11) is 0. The molecule has 1 atom stereocenters. The fourth-order valence-corrected chi connectivity index (χ4v) is 3.89. The number of fused-ring (bicyclic) bond motifs is 1. The topological polar surface area (TPSA) is 44.5 Å². The third kappa shape index (κ3) is 1.72. The standard InChI is InChI=1S/C7H7Br2NO2S/c8-6-4-5(7(9)13-6)12-3(1-10)2-11-4/h3H,1-2,10H2. The molecule has 0 saturated heterocycles. The molecule has 2 heterocycles. The van der Waals surface area contributed by atoms with Crippen molar-refractivity contribution in [1.82, 2.24) is 0 Å². The summed E-state index contributed by atoms with van der Waals surface area (Å²) >= 11 is 8.34. The highest BCUT2D eigenvalue weighted by Gasteiger charge is 2.26. The number of nitrogens with two attached hydrogens (primary N) is 1. The summed E-state index contributed by atoms with van der Waals surface area (Å²) in [6.07, 6.45) is -0.0368. The number of hydrogen-bond acceptors (Lipinski definition) is 4. The van der Waals surface area contributed by atoms with Gasteiger partial charge in [0.1, 0.15) is 20.3 Å². The lowest BCUT2D eigenvalue weighted by atomic mass is 10.3. The quantitative estimate of drug-likeness (QED) is 0.860. The van der Waals surface area contributed by atoms with E-state index >= 15 is 0 Å². The second-order valence-electron chi connectivity index (χ2n) is 2.59. The van der Waals surface area contributed by atoms with Crippen molar-refractivity contribution in [3.63, 3.8) is 0 Å². The summed E-state index contributed by atoms with van der Waals surface area (Å²) in [4.78, 5) is 0. The minimum Gasteiger partial charge on any atom is -0.484 e. The third-order valence-corrected chi connectivity index (χ3v) is 4.12. The zero-order valence-electron chi connectivity index (χ0n) is 6.55. The van der Waals surface area contributed by atoms with Crippen molar-refractivity contribution in [3.05, 3.63) is 7.57 Å². The van der Waals surface area contributed by atoms with Gasteiger partial charge in [-0.2, -0.15) is 0 Å². The maximum atomic E-state index is 5.62. The Kier molecular flexibility index (Phi) is 2.83. The van der Waals surface area contributed by atoms with Crippen LogP contribution in [0.4, 0.5) is 0 Å². The molecular formula is C7H7Br2NO2S. The molecule has 6 heteroatoms. The SMILES string of the molecule is NCC1COc2c(Br)sc(Br)c2O1. The second-order valence-corrected chi connectivity index (χ2v) is 6.25. The lowest BCUT2D eigenvalue weighted by molar-refractivity contribution is 0.0968. The van der Waals surface area contributed by atoms with Crippen LogP contribution in [0.15, 0.2) is 7.57 Å². The van der Waals surface area contributed by atoms with Crippen molar-refractivity contribution in [3.8, 4) is 11.5 Å². The van der Waals surface area contributed by atoms with Gasteiger partial charge in [0.2, 0.25) is 0 Å². The van der Waals surface area contributed by atoms with Gasteiger partial charge in [-0.05, 0) is 31.9 Å². The van der Waals surface area contributed by atoms with Crippen LogP contribution in [0, 0.1) is 0 Å². The Bertz CT molecular complexity index is 329. The van der Waals surface area contributed by atoms with Gasteiger partial charge >= 0.3 is 0 Å². The lowest BCUT2D eigenvalue weighted by Gasteiger charge is -2.23. The minimum atomic E-state index is -0.0368. The van der Waals surface area contributed by atoms with Crippen LogP contribution in [-0.2, 0) is 0 Å². The summed E-state index contributed by atoms with van der Waals surface area (Å²) in [6.45, 7) is 0.991. The van der Waals surface area contributed by atoms with E-state index in [1.807, 2.05) is 0 Å². The number of rotatable bonds is 1. The van der Waals surface area contributed by atoms with Crippen molar-refractivity contribution in [2.24, 2.45) is 5.73 Å². The van der Waals surface area contributed by atoms with E-state index in [2.05, 4.69) is 31.9 Å². The van der Waals surface area contributed by atoms with E-state index in [0.29, 0.717) is 13.2 Å². The molecule has 2 N–H and O–H groups in total. The predicted octanol–water partition coefficient (Wildman–Crippen LogP) is 2.37. The normalized spacial score (nSPS) is 20.4. The van der Waals surface area contributed by atoms with Crippen LogP contribution < -0.4 is 15.2 Å². The molecule has 0 spiro atoms. The van der Waals surface area contributed by atoms with Crippen LogP contribution in [0.25, 0.3) is 0 Å². The van der Waals surface area contributed by atoms with E-state index in [4.69, 9.17) is 15.2 Å². The average Bonchev–Trinajstić information content (AvgIpc) is 2.42. The summed E-state index contributed by atoms with van der Waals surface area (Å²) < 4.78 is 13.0. The molecule has 0 fully saturated rings. The fourth-order valence-electron chi connectivity index (χ4n) is 1.07. The molecule has 0 saturated carbocycles. The molecule has 0 amide bonds. The Morgan fingerprint density at radius 3 is 2.77 bits per heavy atom. The Hall–Kier alpha value is 0.220. The summed E-state index contributed by atoms with van der Waals surface area (Å²) in [5.74, 6) is 1.54. The van der Waals surface area contributed by atoms with Crippen LogP contribution in [0.3, 0.4) is 0 Å². The van der Waals surface area contributed by atoms with E-state index in [1.165, 1.54) is 0 Å². The molecule has 1 aliphatic heterocycles. The van der Waals surface area contributed by atoms with Crippen molar-refractivity contribution < 1.29 is 9.47 Å². The van der Waals surface area contributed by atoms with E-state index in [-0.39, 0.29) is 6.10 Å². The number of hydrogen-bond donors (Lipinski definition) is 1. The van der Waals surface area contributed by atoms with Gasteiger partial charge in [0.25, 0.3) is 0 Å². The van der Waals surface area contributed by atoms with Crippen molar-refractivity contribution >= 4 is 43.2 Å². The minimum absolute atomic E-state index is 0.0368. The highest BCUT2D eigenvalue weighted by molar-refractivity contribution is 9.12. The average molecular weight is 329 g/mol. The predicted molar refractivity (Wildman–Crippen MR) is 58.7 cm³/mol. The van der Waals surface area contributed by atoms with Crippen LogP contribution >= 0.6 is 43.2 Å². The molecule has 0 aromatic carbocycles. The Morgan fingerprint density at radius 1 is 1.38 bits per heavy atom. The third-order valence-electron chi connectivity index (χ3n) is 1.70. The maximum Gasteiger partial charge on any atom is 0.188 e. The first-order valence-electron chi connectivity index (χ1n) is 3.69. The van der Waals surface area contributed by atoms with Gasteiger partial charge < -0.3 is 15.2 Å². The molecule has 2 rings (SSSR count). The van der Waals surface area contributed by atoms with Gasteiger partial charge in [0, 0.05) is 6.54 Å².